The predicted molar refractivity (Wildman–Crippen MR) is 64.0 cm³/mol. The predicted octanol–water partition coefficient (Wildman–Crippen LogP) is 0.129. The molecule has 1 N–H and O–H groups in total. The Labute approximate surface area is 106 Å². The molecule has 0 aromatic rings. The summed E-state index contributed by atoms with van der Waals surface area (Å²) < 4.78 is 5.03. The number of carbonyl (C=O) groups excluding carboxylic acids is 1. The van der Waals surface area contributed by atoms with Gasteiger partial charge in [-0.05, 0) is 26.7 Å². The van der Waals surface area contributed by atoms with Crippen LogP contribution in [0, 0.1) is 0 Å². The molecule has 2 aliphatic rings. The van der Waals surface area contributed by atoms with E-state index >= 15 is 0 Å². The Morgan fingerprint density at radius 2 is 2.22 bits per heavy atom. The number of hydrogen-bond acceptors (Lipinski definition) is 4. The van der Waals surface area contributed by atoms with Crippen molar-refractivity contribution in [1.82, 2.24) is 9.80 Å². The fourth-order valence-electron chi connectivity index (χ4n) is 2.73. The maximum Gasteiger partial charge on any atom is 0.334 e. The highest BCUT2D eigenvalue weighted by Gasteiger charge is 2.39. The summed E-state index contributed by atoms with van der Waals surface area (Å²) in [4.78, 5) is 26.8. The van der Waals surface area contributed by atoms with Gasteiger partial charge >= 0.3 is 5.97 Å². The molecule has 0 radical (unpaired) electrons. The third-order valence-corrected chi connectivity index (χ3v) is 3.65. The van der Waals surface area contributed by atoms with Crippen LogP contribution in [0.15, 0.2) is 0 Å². The van der Waals surface area contributed by atoms with Gasteiger partial charge in [-0.3, -0.25) is 9.69 Å². The molecule has 2 fully saturated rings. The maximum absolute atomic E-state index is 11.9. The Morgan fingerprint density at radius 1 is 1.50 bits per heavy atom. The number of carbonyl (C=O) groups is 2. The Hall–Kier alpha value is -1.14. The number of aliphatic carboxylic acids is 1. The summed E-state index contributed by atoms with van der Waals surface area (Å²) in [5.74, 6) is -1.10. The summed E-state index contributed by atoms with van der Waals surface area (Å²) in [6.45, 7) is 5.18. The number of rotatable bonds is 3. The molecule has 2 aliphatic heterocycles. The first-order valence-corrected chi connectivity index (χ1v) is 6.40. The lowest BCUT2D eigenvalue weighted by Gasteiger charge is -2.40. The minimum Gasteiger partial charge on any atom is -0.479 e. The van der Waals surface area contributed by atoms with E-state index < -0.39 is 12.1 Å². The van der Waals surface area contributed by atoms with Gasteiger partial charge in [-0.2, -0.15) is 0 Å². The van der Waals surface area contributed by atoms with Crippen LogP contribution in [0.4, 0.5) is 0 Å². The number of nitrogens with zero attached hydrogens (tertiary/aromatic N) is 2. The van der Waals surface area contributed by atoms with E-state index in [4.69, 9.17) is 9.84 Å². The fourth-order valence-corrected chi connectivity index (χ4v) is 2.73. The van der Waals surface area contributed by atoms with Crippen molar-refractivity contribution in [3.05, 3.63) is 0 Å². The SMILES string of the molecule is CC(C)N1CCCC1N1CC(C(=O)O)OCC1=O. The third kappa shape index (κ3) is 2.49. The molecule has 0 spiro atoms. The zero-order valence-electron chi connectivity index (χ0n) is 10.8. The number of likely N-dealkylation sites (tertiary alicyclic amines) is 1. The molecule has 0 bridgehead atoms. The Kier molecular flexibility index (Phi) is 3.87. The number of carboxylic acids is 1. The zero-order valence-corrected chi connectivity index (χ0v) is 10.8. The van der Waals surface area contributed by atoms with E-state index in [2.05, 4.69) is 18.7 Å². The van der Waals surface area contributed by atoms with Gasteiger partial charge in [0.1, 0.15) is 6.61 Å². The number of ether oxygens (including phenoxy) is 1. The summed E-state index contributed by atoms with van der Waals surface area (Å²) >= 11 is 0. The lowest BCUT2D eigenvalue weighted by molar-refractivity contribution is -0.170. The van der Waals surface area contributed by atoms with Crippen LogP contribution in [-0.4, -0.2) is 64.8 Å². The lowest BCUT2D eigenvalue weighted by Crippen LogP contribution is -2.57. The van der Waals surface area contributed by atoms with Gasteiger partial charge < -0.3 is 14.7 Å². The first-order chi connectivity index (χ1) is 8.50. The van der Waals surface area contributed by atoms with Crippen molar-refractivity contribution >= 4 is 11.9 Å². The summed E-state index contributed by atoms with van der Waals surface area (Å²) in [5, 5.41) is 8.98. The minimum absolute atomic E-state index is 0.0308. The smallest absolute Gasteiger partial charge is 0.334 e. The number of morpholine rings is 1. The second-order valence-corrected chi connectivity index (χ2v) is 5.14. The molecule has 2 saturated heterocycles. The average Bonchev–Trinajstić information content (AvgIpc) is 2.78. The summed E-state index contributed by atoms with van der Waals surface area (Å²) in [6.07, 6.45) is 1.10. The normalized spacial score (nSPS) is 30.2. The van der Waals surface area contributed by atoms with Gasteiger partial charge in [0.15, 0.2) is 6.10 Å². The summed E-state index contributed by atoms with van der Waals surface area (Å²) in [5.41, 5.74) is 0. The molecular weight excluding hydrogens is 236 g/mol. The third-order valence-electron chi connectivity index (χ3n) is 3.65. The molecule has 0 saturated carbocycles. The van der Waals surface area contributed by atoms with Crippen LogP contribution >= 0.6 is 0 Å². The van der Waals surface area contributed by atoms with E-state index in [1.54, 1.807) is 4.90 Å². The van der Waals surface area contributed by atoms with Crippen LogP contribution < -0.4 is 0 Å². The molecule has 2 unspecified atom stereocenters. The largest absolute Gasteiger partial charge is 0.479 e. The quantitative estimate of drug-likeness (QED) is 0.777. The first kappa shape index (κ1) is 13.3. The van der Waals surface area contributed by atoms with Gasteiger partial charge in [0, 0.05) is 12.6 Å². The molecule has 6 nitrogen and oxygen atoms in total. The lowest BCUT2D eigenvalue weighted by atomic mass is 10.2. The Bertz CT molecular complexity index is 345. The van der Waals surface area contributed by atoms with E-state index in [0.717, 1.165) is 19.4 Å². The van der Waals surface area contributed by atoms with Gasteiger partial charge in [-0.1, -0.05) is 0 Å². The highest BCUT2D eigenvalue weighted by atomic mass is 16.5. The summed E-state index contributed by atoms with van der Waals surface area (Å²) in [6, 6.07) is 0.358. The average molecular weight is 256 g/mol. The molecule has 2 rings (SSSR count). The van der Waals surface area contributed by atoms with E-state index in [1.165, 1.54) is 0 Å². The monoisotopic (exact) mass is 256 g/mol. The van der Waals surface area contributed by atoms with Crippen molar-refractivity contribution in [2.24, 2.45) is 0 Å². The molecule has 2 heterocycles. The molecule has 18 heavy (non-hydrogen) atoms. The maximum atomic E-state index is 11.9. The topological polar surface area (TPSA) is 70.1 Å². The molecular formula is C12H20N2O4. The van der Waals surface area contributed by atoms with E-state index in [9.17, 15) is 9.59 Å². The fraction of sp³-hybridized carbons (Fsp3) is 0.833. The molecule has 2 atom stereocenters. The van der Waals surface area contributed by atoms with E-state index in [0.29, 0.717) is 6.04 Å². The van der Waals surface area contributed by atoms with Crippen LogP contribution in [0.2, 0.25) is 0 Å². The van der Waals surface area contributed by atoms with Crippen LogP contribution in [0.3, 0.4) is 0 Å². The van der Waals surface area contributed by atoms with Crippen molar-refractivity contribution in [1.29, 1.82) is 0 Å². The van der Waals surface area contributed by atoms with Crippen molar-refractivity contribution < 1.29 is 19.4 Å². The molecule has 6 heteroatoms. The van der Waals surface area contributed by atoms with Crippen LogP contribution in [-0.2, 0) is 14.3 Å². The standard InChI is InChI=1S/C12H20N2O4/c1-8(2)13-5-3-4-10(13)14-6-9(12(16)17)18-7-11(14)15/h8-10H,3-7H2,1-2H3,(H,16,17). The van der Waals surface area contributed by atoms with Crippen LogP contribution in [0.25, 0.3) is 0 Å². The second kappa shape index (κ2) is 5.24. The molecule has 102 valence electrons. The zero-order chi connectivity index (χ0) is 13.3. The van der Waals surface area contributed by atoms with Gasteiger partial charge in [-0.25, -0.2) is 4.79 Å². The molecule has 1 amide bonds. The molecule has 0 aliphatic carbocycles. The molecule has 0 aromatic carbocycles. The summed E-state index contributed by atoms with van der Waals surface area (Å²) in [7, 11) is 0. The number of amides is 1. The van der Waals surface area contributed by atoms with Crippen LogP contribution in [0.1, 0.15) is 26.7 Å². The van der Waals surface area contributed by atoms with Crippen molar-refractivity contribution in [3.63, 3.8) is 0 Å². The van der Waals surface area contributed by atoms with Gasteiger partial charge in [0.2, 0.25) is 5.91 Å². The Balaban J connectivity index is 2.09. The van der Waals surface area contributed by atoms with E-state index in [1.807, 2.05) is 0 Å². The second-order valence-electron chi connectivity index (χ2n) is 5.14. The minimum atomic E-state index is -0.999. The van der Waals surface area contributed by atoms with Crippen molar-refractivity contribution in [2.75, 3.05) is 19.7 Å². The van der Waals surface area contributed by atoms with E-state index in [-0.39, 0.29) is 25.2 Å². The van der Waals surface area contributed by atoms with Crippen LogP contribution in [0.5, 0.6) is 0 Å². The number of carboxylic acid groups (broad SMARTS) is 1. The molecule has 0 aromatic heterocycles. The highest BCUT2D eigenvalue weighted by molar-refractivity contribution is 5.81. The van der Waals surface area contributed by atoms with Gasteiger partial charge in [0.05, 0.1) is 12.7 Å². The van der Waals surface area contributed by atoms with Crippen molar-refractivity contribution in [2.45, 2.75) is 45.0 Å². The van der Waals surface area contributed by atoms with Crippen molar-refractivity contribution in [3.8, 4) is 0 Å². The van der Waals surface area contributed by atoms with Gasteiger partial charge in [0.25, 0.3) is 0 Å². The highest BCUT2D eigenvalue weighted by Crippen LogP contribution is 2.25. The van der Waals surface area contributed by atoms with Gasteiger partial charge in [-0.15, -0.1) is 0 Å². The first-order valence-electron chi connectivity index (χ1n) is 6.40. The number of hydrogen-bond donors (Lipinski definition) is 1. The Morgan fingerprint density at radius 3 is 2.83 bits per heavy atom.